The first-order chi connectivity index (χ1) is 8.76. The van der Waals surface area contributed by atoms with Gasteiger partial charge in [0.1, 0.15) is 0 Å². The zero-order valence-corrected chi connectivity index (χ0v) is 11.0. The Balaban J connectivity index is 1.69. The minimum atomic E-state index is 0.773. The second kappa shape index (κ2) is 4.74. The fraction of sp³-hybridized carbons (Fsp3) is 0.562. The van der Waals surface area contributed by atoms with Gasteiger partial charge in [-0.25, -0.2) is 0 Å². The Morgan fingerprint density at radius 3 is 2.61 bits per heavy atom. The Morgan fingerprint density at radius 1 is 1.28 bits per heavy atom. The molecular weight excluding hydrogens is 220 g/mol. The van der Waals surface area contributed by atoms with Crippen molar-refractivity contribution in [2.75, 3.05) is 13.1 Å². The lowest BCUT2D eigenvalue weighted by molar-refractivity contribution is 0.303. The highest BCUT2D eigenvalue weighted by atomic mass is 15.2. The molecule has 0 bridgehead atoms. The van der Waals surface area contributed by atoms with Crippen LogP contribution in [0.3, 0.4) is 0 Å². The number of rotatable bonds is 2. The Labute approximate surface area is 109 Å². The summed E-state index contributed by atoms with van der Waals surface area (Å²) in [5.74, 6) is 1.92. The molecule has 0 N–H and O–H groups in total. The maximum Gasteiger partial charge on any atom is 0.0991 e. The van der Waals surface area contributed by atoms with Crippen molar-refractivity contribution in [1.82, 2.24) is 4.90 Å². The SMILES string of the molecule is Cc1cc(C#N)ccc1CN1CC2CCCC2C1. The van der Waals surface area contributed by atoms with E-state index in [4.69, 9.17) is 5.26 Å². The molecule has 2 fully saturated rings. The molecule has 1 heterocycles. The van der Waals surface area contributed by atoms with E-state index >= 15 is 0 Å². The van der Waals surface area contributed by atoms with Crippen LogP contribution in [0.2, 0.25) is 0 Å². The molecule has 0 radical (unpaired) electrons. The van der Waals surface area contributed by atoms with Gasteiger partial charge in [-0.05, 0) is 54.9 Å². The first-order valence-electron chi connectivity index (χ1n) is 6.98. The summed E-state index contributed by atoms with van der Waals surface area (Å²) in [5, 5.41) is 8.89. The molecule has 2 aliphatic rings. The Hall–Kier alpha value is -1.33. The highest BCUT2D eigenvalue weighted by Gasteiger charge is 2.35. The van der Waals surface area contributed by atoms with Gasteiger partial charge in [0.05, 0.1) is 11.6 Å². The monoisotopic (exact) mass is 240 g/mol. The van der Waals surface area contributed by atoms with Crippen molar-refractivity contribution < 1.29 is 0 Å². The molecule has 2 heteroatoms. The van der Waals surface area contributed by atoms with Gasteiger partial charge in [0.2, 0.25) is 0 Å². The van der Waals surface area contributed by atoms with Gasteiger partial charge in [0.25, 0.3) is 0 Å². The van der Waals surface area contributed by atoms with Gasteiger partial charge < -0.3 is 0 Å². The van der Waals surface area contributed by atoms with Gasteiger partial charge >= 0.3 is 0 Å². The van der Waals surface area contributed by atoms with Crippen molar-refractivity contribution in [3.05, 3.63) is 34.9 Å². The molecule has 1 saturated heterocycles. The lowest BCUT2D eigenvalue weighted by Gasteiger charge is -2.18. The molecule has 1 aliphatic carbocycles. The second-order valence-electron chi connectivity index (χ2n) is 5.90. The molecule has 0 aromatic heterocycles. The number of nitrogens with zero attached hydrogens (tertiary/aromatic N) is 2. The van der Waals surface area contributed by atoms with Gasteiger partial charge in [0, 0.05) is 19.6 Å². The van der Waals surface area contributed by atoms with Crippen molar-refractivity contribution in [2.24, 2.45) is 11.8 Å². The number of hydrogen-bond donors (Lipinski definition) is 0. The van der Waals surface area contributed by atoms with E-state index in [0.29, 0.717) is 0 Å². The third-order valence-corrected chi connectivity index (χ3v) is 4.67. The van der Waals surface area contributed by atoms with E-state index in [-0.39, 0.29) is 0 Å². The Kier molecular flexibility index (Phi) is 3.09. The zero-order chi connectivity index (χ0) is 12.5. The first kappa shape index (κ1) is 11.7. The second-order valence-corrected chi connectivity index (χ2v) is 5.90. The number of benzene rings is 1. The molecule has 1 aliphatic heterocycles. The van der Waals surface area contributed by atoms with Crippen molar-refractivity contribution >= 4 is 0 Å². The van der Waals surface area contributed by atoms with Crippen LogP contribution in [0.5, 0.6) is 0 Å². The third kappa shape index (κ3) is 2.15. The standard InChI is InChI=1S/C16H20N2/c1-12-7-13(8-17)5-6-14(12)9-18-10-15-3-2-4-16(15)11-18/h5-7,15-16H,2-4,9-11H2,1H3. The summed E-state index contributed by atoms with van der Waals surface area (Å²) in [6, 6.07) is 8.28. The molecule has 2 unspecified atom stereocenters. The largest absolute Gasteiger partial charge is 0.299 e. The third-order valence-electron chi connectivity index (χ3n) is 4.67. The average molecular weight is 240 g/mol. The van der Waals surface area contributed by atoms with Crippen molar-refractivity contribution in [1.29, 1.82) is 5.26 Å². The van der Waals surface area contributed by atoms with Crippen LogP contribution in [0.15, 0.2) is 18.2 Å². The van der Waals surface area contributed by atoms with Gasteiger partial charge in [-0.2, -0.15) is 5.26 Å². The molecule has 1 saturated carbocycles. The lowest BCUT2D eigenvalue weighted by atomic mass is 10.0. The van der Waals surface area contributed by atoms with Crippen LogP contribution in [0.1, 0.15) is 36.0 Å². The van der Waals surface area contributed by atoms with Crippen LogP contribution >= 0.6 is 0 Å². The van der Waals surface area contributed by atoms with Gasteiger partial charge in [-0.1, -0.05) is 12.5 Å². The normalized spacial score (nSPS) is 27.1. The molecule has 1 aromatic rings. The summed E-state index contributed by atoms with van der Waals surface area (Å²) >= 11 is 0. The number of likely N-dealkylation sites (tertiary alicyclic amines) is 1. The van der Waals surface area contributed by atoms with Gasteiger partial charge in [0.15, 0.2) is 0 Å². The van der Waals surface area contributed by atoms with Crippen LogP contribution in [-0.4, -0.2) is 18.0 Å². The Morgan fingerprint density at radius 2 is 2.00 bits per heavy atom. The highest BCUT2D eigenvalue weighted by molar-refractivity contribution is 5.37. The maximum atomic E-state index is 8.89. The van der Waals surface area contributed by atoms with Crippen LogP contribution in [0.25, 0.3) is 0 Å². The minimum Gasteiger partial charge on any atom is -0.299 e. The van der Waals surface area contributed by atoms with Crippen LogP contribution < -0.4 is 0 Å². The van der Waals surface area contributed by atoms with E-state index in [1.165, 1.54) is 43.5 Å². The summed E-state index contributed by atoms with van der Waals surface area (Å²) in [6.45, 7) is 5.74. The van der Waals surface area contributed by atoms with Crippen LogP contribution in [-0.2, 0) is 6.54 Å². The minimum absolute atomic E-state index is 0.773. The fourth-order valence-electron chi connectivity index (χ4n) is 3.65. The number of hydrogen-bond acceptors (Lipinski definition) is 2. The highest BCUT2D eigenvalue weighted by Crippen LogP contribution is 2.38. The fourth-order valence-corrected chi connectivity index (χ4v) is 3.65. The molecule has 1 aromatic carbocycles. The smallest absolute Gasteiger partial charge is 0.0991 e. The van der Waals surface area contributed by atoms with Crippen LogP contribution in [0, 0.1) is 30.1 Å². The lowest BCUT2D eigenvalue weighted by Crippen LogP contribution is -2.21. The summed E-state index contributed by atoms with van der Waals surface area (Å²) < 4.78 is 0. The van der Waals surface area contributed by atoms with Crippen molar-refractivity contribution in [2.45, 2.75) is 32.7 Å². The van der Waals surface area contributed by atoms with E-state index in [0.717, 1.165) is 23.9 Å². The molecule has 94 valence electrons. The molecule has 0 amide bonds. The summed E-state index contributed by atoms with van der Waals surface area (Å²) in [5.41, 5.74) is 3.41. The molecule has 2 nitrogen and oxygen atoms in total. The topological polar surface area (TPSA) is 27.0 Å². The van der Waals surface area contributed by atoms with Crippen molar-refractivity contribution in [3.63, 3.8) is 0 Å². The van der Waals surface area contributed by atoms with E-state index < -0.39 is 0 Å². The van der Waals surface area contributed by atoms with Crippen molar-refractivity contribution in [3.8, 4) is 6.07 Å². The quantitative estimate of drug-likeness (QED) is 0.794. The predicted octanol–water partition coefficient (Wildman–Crippen LogP) is 3.10. The summed E-state index contributed by atoms with van der Waals surface area (Å²) in [7, 11) is 0. The van der Waals surface area contributed by atoms with E-state index in [9.17, 15) is 0 Å². The van der Waals surface area contributed by atoms with E-state index in [1.54, 1.807) is 0 Å². The molecule has 2 atom stereocenters. The first-order valence-corrected chi connectivity index (χ1v) is 6.98. The van der Waals surface area contributed by atoms with E-state index in [2.05, 4.69) is 24.0 Å². The summed E-state index contributed by atoms with van der Waals surface area (Å²) in [6.07, 6.45) is 4.32. The van der Waals surface area contributed by atoms with E-state index in [1.807, 2.05) is 12.1 Å². The maximum absolute atomic E-state index is 8.89. The van der Waals surface area contributed by atoms with Crippen LogP contribution in [0.4, 0.5) is 0 Å². The number of aryl methyl sites for hydroxylation is 1. The Bertz CT molecular complexity index is 474. The number of nitriles is 1. The van der Waals surface area contributed by atoms with Gasteiger partial charge in [-0.3, -0.25) is 4.90 Å². The molecular formula is C16H20N2. The predicted molar refractivity (Wildman–Crippen MR) is 72.0 cm³/mol. The average Bonchev–Trinajstić information content (AvgIpc) is 2.92. The molecule has 18 heavy (non-hydrogen) atoms. The molecule has 3 rings (SSSR count). The summed E-state index contributed by atoms with van der Waals surface area (Å²) in [4.78, 5) is 2.60. The number of fused-ring (bicyclic) bond motifs is 1. The molecule has 0 spiro atoms. The van der Waals surface area contributed by atoms with Gasteiger partial charge in [-0.15, -0.1) is 0 Å². The zero-order valence-electron chi connectivity index (χ0n) is 11.0.